The van der Waals surface area contributed by atoms with Gasteiger partial charge in [0.05, 0.1) is 27.5 Å². The summed E-state index contributed by atoms with van der Waals surface area (Å²) < 4.78 is 32.9. The van der Waals surface area contributed by atoms with Gasteiger partial charge < -0.3 is 14.5 Å². The van der Waals surface area contributed by atoms with E-state index in [1.807, 2.05) is 39.5 Å². The quantitative estimate of drug-likeness (QED) is 0.206. The maximum atomic E-state index is 14.1. The average Bonchev–Trinajstić information content (AvgIpc) is 2.97. The van der Waals surface area contributed by atoms with Crippen LogP contribution < -0.4 is 15.3 Å². The van der Waals surface area contributed by atoms with Gasteiger partial charge in [0.2, 0.25) is 5.91 Å². The summed E-state index contributed by atoms with van der Waals surface area (Å²) >= 11 is 6.84. The maximum absolute atomic E-state index is 14.1. The molecule has 0 bridgehead atoms. The van der Waals surface area contributed by atoms with Crippen molar-refractivity contribution >= 4 is 34.4 Å². The van der Waals surface area contributed by atoms with Crippen LogP contribution in [0.1, 0.15) is 52.3 Å². The summed E-state index contributed by atoms with van der Waals surface area (Å²) in [4.78, 5) is 44.3. The van der Waals surface area contributed by atoms with E-state index in [9.17, 15) is 18.4 Å². The molecule has 0 N–H and O–H groups in total. The molecule has 12 heteroatoms. The monoisotopic (exact) mass is 638 g/mol. The van der Waals surface area contributed by atoms with Gasteiger partial charge in [0.15, 0.2) is 5.65 Å². The molecule has 1 fully saturated rings. The number of alkyl halides is 2. The molecule has 1 aliphatic heterocycles. The van der Waals surface area contributed by atoms with E-state index in [0.29, 0.717) is 35.7 Å². The Hall–Kier alpha value is -4.38. The van der Waals surface area contributed by atoms with E-state index in [1.54, 1.807) is 41.4 Å². The molecule has 4 heterocycles. The van der Waals surface area contributed by atoms with E-state index in [0.717, 1.165) is 5.56 Å². The standard InChI is InChI=1S/C32H33ClF2N6O3.CH4/c1-7-25(42)39-15-20(6)40(16-19(39)5)29-22-14-23(33)27(21-10-8-9-11-24(21)44-31(34)35)37-30(22)41(32(43)38-29)28-18(4)12-13-36-26(28)17(2)3;/h7-14,17,19-20,31H,1,15-16H2,2-6H3;1H4/t19-,20+;/m1./s1. The van der Waals surface area contributed by atoms with Gasteiger partial charge in [-0.1, -0.05) is 51.6 Å². The summed E-state index contributed by atoms with van der Waals surface area (Å²) in [6.07, 6.45) is 2.97. The van der Waals surface area contributed by atoms with Crippen molar-refractivity contribution in [1.82, 2.24) is 24.4 Å². The van der Waals surface area contributed by atoms with Gasteiger partial charge in [0, 0.05) is 36.9 Å². The topological polar surface area (TPSA) is 93.5 Å². The number of halogens is 3. The zero-order valence-corrected chi connectivity index (χ0v) is 25.8. The van der Waals surface area contributed by atoms with Gasteiger partial charge in [-0.2, -0.15) is 13.8 Å². The Labute approximate surface area is 266 Å². The highest BCUT2D eigenvalue weighted by Gasteiger charge is 2.34. The maximum Gasteiger partial charge on any atom is 0.387 e. The number of carbonyl (C=O) groups is 1. The van der Waals surface area contributed by atoms with Crippen LogP contribution in [-0.4, -0.2) is 62.1 Å². The first-order chi connectivity index (χ1) is 20.9. The molecule has 4 aromatic rings. The lowest BCUT2D eigenvalue weighted by Gasteiger charge is -2.44. The molecule has 0 spiro atoms. The van der Waals surface area contributed by atoms with Crippen LogP contribution in [0.2, 0.25) is 5.02 Å². The van der Waals surface area contributed by atoms with Gasteiger partial charge in [-0.05, 0) is 62.6 Å². The van der Waals surface area contributed by atoms with Crippen molar-refractivity contribution in [3.63, 3.8) is 0 Å². The minimum absolute atomic E-state index is 0. The molecule has 5 rings (SSSR count). The van der Waals surface area contributed by atoms with E-state index < -0.39 is 12.3 Å². The fourth-order valence-corrected chi connectivity index (χ4v) is 5.96. The van der Waals surface area contributed by atoms with Crippen molar-refractivity contribution in [2.75, 3.05) is 18.0 Å². The third kappa shape index (κ3) is 6.26. The summed E-state index contributed by atoms with van der Waals surface area (Å²) in [5, 5.41) is 0.635. The van der Waals surface area contributed by atoms with Crippen LogP contribution in [0.25, 0.3) is 28.0 Å². The van der Waals surface area contributed by atoms with Crippen LogP contribution in [0.3, 0.4) is 0 Å². The lowest BCUT2D eigenvalue weighted by molar-refractivity contribution is -0.128. The second-order valence-electron chi connectivity index (χ2n) is 11.2. The minimum Gasteiger partial charge on any atom is -0.434 e. The Kier molecular flexibility index (Phi) is 9.92. The lowest BCUT2D eigenvalue weighted by Crippen LogP contribution is -2.58. The van der Waals surface area contributed by atoms with Gasteiger partial charge in [0.25, 0.3) is 0 Å². The molecule has 1 saturated heterocycles. The highest BCUT2D eigenvalue weighted by molar-refractivity contribution is 6.34. The smallest absolute Gasteiger partial charge is 0.387 e. The van der Waals surface area contributed by atoms with Gasteiger partial charge in [-0.25, -0.2) is 14.3 Å². The van der Waals surface area contributed by atoms with Crippen molar-refractivity contribution in [2.45, 2.75) is 66.7 Å². The number of aromatic nitrogens is 4. The molecule has 0 saturated carbocycles. The van der Waals surface area contributed by atoms with E-state index >= 15 is 0 Å². The Morgan fingerprint density at radius 2 is 1.84 bits per heavy atom. The molecule has 3 aromatic heterocycles. The molecule has 238 valence electrons. The minimum atomic E-state index is -3.06. The first-order valence-corrected chi connectivity index (χ1v) is 14.6. The van der Waals surface area contributed by atoms with Crippen LogP contribution >= 0.6 is 11.6 Å². The number of rotatable bonds is 7. The number of nitrogens with zero attached hydrogens (tertiary/aromatic N) is 6. The van der Waals surface area contributed by atoms with Gasteiger partial charge in [0.1, 0.15) is 11.6 Å². The zero-order valence-electron chi connectivity index (χ0n) is 25.1. The number of fused-ring (bicyclic) bond motifs is 1. The number of hydrogen-bond donors (Lipinski definition) is 0. The van der Waals surface area contributed by atoms with Crippen molar-refractivity contribution in [3.8, 4) is 22.7 Å². The van der Waals surface area contributed by atoms with Gasteiger partial charge in [-0.3, -0.25) is 9.78 Å². The molecule has 0 aliphatic carbocycles. The summed E-state index contributed by atoms with van der Waals surface area (Å²) in [5.41, 5.74) is 2.03. The summed E-state index contributed by atoms with van der Waals surface area (Å²) in [7, 11) is 0. The van der Waals surface area contributed by atoms with E-state index in [-0.39, 0.29) is 59.0 Å². The number of anilines is 1. The molecule has 0 unspecified atom stereocenters. The van der Waals surface area contributed by atoms with Crippen LogP contribution in [0.5, 0.6) is 5.75 Å². The molecule has 45 heavy (non-hydrogen) atoms. The second-order valence-corrected chi connectivity index (χ2v) is 11.6. The Morgan fingerprint density at radius 1 is 1.13 bits per heavy atom. The zero-order chi connectivity index (χ0) is 31.9. The highest BCUT2D eigenvalue weighted by Crippen LogP contribution is 2.39. The van der Waals surface area contributed by atoms with Gasteiger partial charge in [-0.15, -0.1) is 0 Å². The van der Waals surface area contributed by atoms with Crippen molar-refractivity contribution in [3.05, 3.63) is 82.0 Å². The summed E-state index contributed by atoms with van der Waals surface area (Å²) in [6, 6.07) is 9.25. The van der Waals surface area contributed by atoms with Crippen LogP contribution in [0.15, 0.2) is 60.0 Å². The van der Waals surface area contributed by atoms with Crippen LogP contribution in [-0.2, 0) is 4.79 Å². The Morgan fingerprint density at radius 3 is 2.51 bits per heavy atom. The lowest BCUT2D eigenvalue weighted by atomic mass is 10.0. The van der Waals surface area contributed by atoms with Crippen molar-refractivity contribution in [1.29, 1.82) is 0 Å². The van der Waals surface area contributed by atoms with E-state index in [2.05, 4.69) is 16.5 Å². The molecular weight excluding hydrogens is 602 g/mol. The number of para-hydroxylation sites is 1. The Bertz CT molecular complexity index is 1810. The molecule has 1 aromatic carbocycles. The number of benzene rings is 1. The third-order valence-electron chi connectivity index (χ3n) is 7.80. The predicted molar refractivity (Wildman–Crippen MR) is 174 cm³/mol. The fraction of sp³-hybridized carbons (Fsp3) is 0.364. The third-order valence-corrected chi connectivity index (χ3v) is 8.09. The molecule has 9 nitrogen and oxygen atoms in total. The molecule has 0 radical (unpaired) electrons. The van der Waals surface area contributed by atoms with Crippen LogP contribution in [0, 0.1) is 6.92 Å². The van der Waals surface area contributed by atoms with E-state index in [1.165, 1.54) is 16.7 Å². The SMILES string of the molecule is C.C=CC(=O)N1C[C@H](C)N(c2nc(=O)n(-c3c(C)ccnc3C(C)C)c3nc(-c4ccccc4OC(F)F)c(Cl)cc23)C[C@H]1C. The van der Waals surface area contributed by atoms with Crippen LogP contribution in [0.4, 0.5) is 14.6 Å². The second kappa shape index (κ2) is 13.3. The number of ether oxygens (including phenoxy) is 1. The van der Waals surface area contributed by atoms with Crippen molar-refractivity contribution < 1.29 is 18.3 Å². The number of aryl methyl sites for hydroxylation is 1. The molecule has 1 aliphatic rings. The molecular formula is C33H37ClF2N6O3. The number of hydrogen-bond acceptors (Lipinski definition) is 7. The Balaban J connectivity index is 0.00000461. The number of carbonyl (C=O) groups excluding carboxylic acids is 1. The molecule has 1 amide bonds. The summed E-state index contributed by atoms with van der Waals surface area (Å²) in [5.74, 6) is 0.0293. The average molecular weight is 639 g/mol. The number of pyridine rings is 2. The first-order valence-electron chi connectivity index (χ1n) is 14.3. The first kappa shape index (κ1) is 33.5. The summed E-state index contributed by atoms with van der Waals surface area (Å²) in [6.45, 7) is 11.0. The molecule has 2 atom stereocenters. The fourth-order valence-electron chi connectivity index (χ4n) is 5.71. The number of amides is 1. The highest BCUT2D eigenvalue weighted by atomic mass is 35.5. The van der Waals surface area contributed by atoms with E-state index in [4.69, 9.17) is 21.3 Å². The largest absolute Gasteiger partial charge is 0.434 e. The number of piperazine rings is 1. The van der Waals surface area contributed by atoms with Gasteiger partial charge >= 0.3 is 12.3 Å². The van der Waals surface area contributed by atoms with Crippen molar-refractivity contribution in [2.24, 2.45) is 0 Å². The predicted octanol–water partition coefficient (Wildman–Crippen LogP) is 6.78. The normalized spacial score (nSPS) is 16.7.